The van der Waals surface area contributed by atoms with Crippen molar-refractivity contribution in [3.8, 4) is 5.69 Å². The minimum Gasteiger partial charge on any atom is -0.385 e. The highest BCUT2D eigenvalue weighted by Gasteiger charge is 2.77. The van der Waals surface area contributed by atoms with Crippen LogP contribution in [-0.4, -0.2) is 13.7 Å². The Labute approximate surface area is 326 Å². The van der Waals surface area contributed by atoms with Crippen LogP contribution in [0.5, 0.6) is 0 Å². The van der Waals surface area contributed by atoms with E-state index in [1.165, 1.54) is 92.2 Å². The smallest absolute Gasteiger partial charge is 0.108 e. The van der Waals surface area contributed by atoms with Crippen LogP contribution < -0.4 is 5.73 Å². The molecule has 4 aliphatic rings. The molecular weight excluding hydrogens is 681 g/mol. The summed E-state index contributed by atoms with van der Waals surface area (Å²) < 4.78 is 7.17. The van der Waals surface area contributed by atoms with Gasteiger partial charge >= 0.3 is 0 Å². The minimum atomic E-state index is 0.369. The Hall–Kier alpha value is -6.00. The summed E-state index contributed by atoms with van der Waals surface area (Å²) in [6.07, 6.45) is 12.5. The number of nitrogens with zero attached hydrogens (tertiary/aromatic N) is 3. The summed E-state index contributed by atoms with van der Waals surface area (Å²) in [7, 11) is 0. The van der Waals surface area contributed by atoms with Gasteiger partial charge in [-0.15, -0.1) is 0 Å². The molecule has 2 N–H and O–H groups in total. The van der Waals surface area contributed by atoms with E-state index in [1.807, 2.05) is 0 Å². The molecule has 0 amide bonds. The summed E-state index contributed by atoms with van der Waals surface area (Å²) in [5, 5.41) is 7.59. The topological polar surface area (TPSA) is 40.8 Å². The number of aromatic nitrogens is 3. The Balaban J connectivity index is 0.951. The second kappa shape index (κ2) is 10.9. The first-order valence-corrected chi connectivity index (χ1v) is 20.8. The summed E-state index contributed by atoms with van der Waals surface area (Å²) in [5.41, 5.74) is 19.5. The van der Waals surface area contributed by atoms with Gasteiger partial charge in [-0.05, 0) is 133 Å². The molecule has 1 spiro atoms. The van der Waals surface area contributed by atoms with E-state index in [0.29, 0.717) is 16.7 Å². The summed E-state index contributed by atoms with van der Waals surface area (Å²) in [5.74, 6) is 3.69. The molecule has 4 heteroatoms. The highest BCUT2D eigenvalue weighted by atomic mass is 15.1. The Morgan fingerprint density at radius 3 is 1.75 bits per heavy atom. The zero-order valence-corrected chi connectivity index (χ0v) is 31.8. The van der Waals surface area contributed by atoms with Gasteiger partial charge in [0.15, 0.2) is 0 Å². The van der Waals surface area contributed by atoms with Crippen LogP contribution in [-0.2, 0) is 5.41 Å². The van der Waals surface area contributed by atoms with Crippen molar-refractivity contribution in [2.75, 3.05) is 0 Å². The van der Waals surface area contributed by atoms with Gasteiger partial charge < -0.3 is 14.9 Å². The van der Waals surface area contributed by atoms with Gasteiger partial charge in [0.1, 0.15) is 5.82 Å². The quantitative estimate of drug-likeness (QED) is 0.170. The summed E-state index contributed by atoms with van der Waals surface area (Å²) in [6, 6.07) is 49.4. The molecule has 0 radical (unpaired) electrons. The lowest BCUT2D eigenvalue weighted by Gasteiger charge is -2.66. The van der Waals surface area contributed by atoms with Crippen LogP contribution in [0.4, 0.5) is 0 Å². The lowest BCUT2D eigenvalue weighted by Crippen LogP contribution is -2.59. The van der Waals surface area contributed by atoms with Crippen molar-refractivity contribution in [2.45, 2.75) is 50.9 Å². The number of fused-ring (bicyclic) bond motifs is 10. The predicted octanol–water partition coefficient (Wildman–Crippen LogP) is 12.8. The molecule has 4 aliphatic carbocycles. The van der Waals surface area contributed by atoms with Crippen LogP contribution in [0.1, 0.15) is 51.0 Å². The van der Waals surface area contributed by atoms with E-state index in [0.717, 1.165) is 40.9 Å². The maximum Gasteiger partial charge on any atom is 0.108 e. The van der Waals surface area contributed by atoms with E-state index in [9.17, 15) is 0 Å². The van der Waals surface area contributed by atoms with Gasteiger partial charge in [-0.25, -0.2) is 0 Å². The number of hydrogen-bond donors (Lipinski definition) is 1. The van der Waals surface area contributed by atoms with E-state index < -0.39 is 0 Å². The summed E-state index contributed by atoms with van der Waals surface area (Å²) in [6.45, 7) is 2.28. The SMILES string of the molecule is CC/C(=C\C=C(/N)n1c2ccccc2c2cc(-n3c4ccccc4c4ccccc43)ccc21)n1c2ccccc2c2ccc(C34CC5CC6CC(C3)C65C4)cc21. The van der Waals surface area contributed by atoms with Crippen LogP contribution in [0.3, 0.4) is 0 Å². The van der Waals surface area contributed by atoms with Gasteiger partial charge in [0.25, 0.3) is 0 Å². The second-order valence-corrected chi connectivity index (χ2v) is 17.7. The van der Waals surface area contributed by atoms with Gasteiger partial charge in [0.2, 0.25) is 0 Å². The molecule has 2 bridgehead atoms. The van der Waals surface area contributed by atoms with Crippen molar-refractivity contribution in [1.29, 1.82) is 0 Å². The molecular formula is C52H44N4. The van der Waals surface area contributed by atoms with Crippen LogP contribution >= 0.6 is 0 Å². The van der Waals surface area contributed by atoms with Crippen molar-refractivity contribution >= 4 is 76.9 Å². The first-order chi connectivity index (χ1) is 27.6. The molecule has 6 aromatic carbocycles. The number of rotatable bonds is 6. The van der Waals surface area contributed by atoms with Gasteiger partial charge in [0, 0.05) is 43.7 Å². The first-order valence-electron chi connectivity index (χ1n) is 20.8. The Bertz CT molecular complexity index is 3150. The van der Waals surface area contributed by atoms with Crippen molar-refractivity contribution in [1.82, 2.24) is 13.7 Å². The molecule has 3 aromatic heterocycles. The van der Waals surface area contributed by atoms with Crippen molar-refractivity contribution in [2.24, 2.45) is 28.9 Å². The fraction of sp³-hybridized carbons (Fsp3) is 0.231. The van der Waals surface area contributed by atoms with Crippen molar-refractivity contribution in [3.63, 3.8) is 0 Å². The standard InChI is InChI=1S/C52H44N4/c1-2-36(54-44-15-7-5-13-40(44)42-22-19-32(27-49(42)54)51-29-34-25-33-26-35(30-51)52(33,34)31-51)21-24-50(53)56-47-18-10-6-14-41(47)43-28-37(20-23-48(43)56)55-45-16-8-3-11-38(45)39-12-4-9-17-46(39)55/h3-24,27-28,33-35H,2,25-26,29-31,53H2,1H3/b36-21+,50-24+. The van der Waals surface area contributed by atoms with E-state index >= 15 is 0 Å². The molecule has 9 aromatic rings. The second-order valence-electron chi connectivity index (χ2n) is 17.7. The molecule has 4 nitrogen and oxygen atoms in total. The Kier molecular flexibility index (Phi) is 6.05. The number of nitrogens with two attached hydrogens (primary N) is 1. The lowest BCUT2D eigenvalue weighted by atomic mass is 9.38. The fourth-order valence-corrected chi connectivity index (χ4v) is 13.2. The zero-order valence-electron chi connectivity index (χ0n) is 31.8. The molecule has 4 fully saturated rings. The summed E-state index contributed by atoms with van der Waals surface area (Å²) >= 11 is 0. The van der Waals surface area contributed by atoms with Crippen LogP contribution in [0.15, 0.2) is 146 Å². The van der Waals surface area contributed by atoms with Gasteiger partial charge in [-0.1, -0.05) is 91.9 Å². The van der Waals surface area contributed by atoms with Crippen LogP contribution in [0.25, 0.3) is 82.6 Å². The molecule has 0 aliphatic heterocycles. The maximum absolute atomic E-state index is 7.19. The third kappa shape index (κ3) is 3.80. The predicted molar refractivity (Wildman–Crippen MR) is 234 cm³/mol. The van der Waals surface area contributed by atoms with Crippen LogP contribution in [0, 0.1) is 23.2 Å². The minimum absolute atomic E-state index is 0.369. The monoisotopic (exact) mass is 724 g/mol. The number of hydrogen-bond acceptors (Lipinski definition) is 1. The maximum atomic E-state index is 7.19. The van der Waals surface area contributed by atoms with Crippen LogP contribution in [0.2, 0.25) is 0 Å². The first kappa shape index (κ1) is 31.2. The van der Waals surface area contributed by atoms with E-state index in [-0.39, 0.29) is 0 Å². The van der Waals surface area contributed by atoms with Gasteiger partial charge in [-0.2, -0.15) is 0 Å². The normalized spacial score (nSPS) is 25.6. The van der Waals surface area contributed by atoms with E-state index in [2.05, 4.69) is 166 Å². The largest absolute Gasteiger partial charge is 0.385 e. The third-order valence-corrected chi connectivity index (χ3v) is 15.5. The average Bonchev–Trinajstić information content (AvgIpc) is 4.01. The molecule has 4 saturated carbocycles. The molecule has 13 rings (SSSR count). The van der Waals surface area contributed by atoms with E-state index in [4.69, 9.17) is 5.73 Å². The number of benzene rings is 6. The molecule has 2 unspecified atom stereocenters. The number of para-hydroxylation sites is 4. The average molecular weight is 725 g/mol. The van der Waals surface area contributed by atoms with Gasteiger partial charge in [0.05, 0.1) is 33.1 Å². The Morgan fingerprint density at radius 1 is 0.571 bits per heavy atom. The Morgan fingerprint density at radius 2 is 1.12 bits per heavy atom. The van der Waals surface area contributed by atoms with E-state index in [1.54, 1.807) is 5.56 Å². The molecule has 3 heterocycles. The summed E-state index contributed by atoms with van der Waals surface area (Å²) in [4.78, 5) is 0. The highest BCUT2D eigenvalue weighted by Crippen LogP contribution is 2.84. The zero-order chi connectivity index (χ0) is 36.9. The molecule has 56 heavy (non-hydrogen) atoms. The van der Waals surface area contributed by atoms with Crippen molar-refractivity contribution in [3.05, 3.63) is 151 Å². The highest BCUT2D eigenvalue weighted by molar-refractivity contribution is 6.13. The fourth-order valence-electron chi connectivity index (χ4n) is 13.2. The molecule has 0 saturated heterocycles. The van der Waals surface area contributed by atoms with Gasteiger partial charge in [-0.3, -0.25) is 4.57 Å². The third-order valence-electron chi connectivity index (χ3n) is 15.5. The molecule has 272 valence electrons. The lowest BCUT2D eigenvalue weighted by molar-refractivity contribution is -0.175. The number of allylic oxidation sites excluding steroid dienone is 3. The molecule has 2 atom stereocenters. The van der Waals surface area contributed by atoms with Crippen molar-refractivity contribution < 1.29 is 0 Å².